The van der Waals surface area contributed by atoms with Crippen LogP contribution in [0.25, 0.3) is 44.7 Å². The van der Waals surface area contributed by atoms with Gasteiger partial charge in [-0.2, -0.15) is 0 Å². The number of carbonyl (C=O) groups is 1. The summed E-state index contributed by atoms with van der Waals surface area (Å²) < 4.78 is 8.73. The molecule has 3 nitrogen and oxygen atoms in total. The van der Waals surface area contributed by atoms with Crippen LogP contribution in [0.15, 0.2) is 121 Å². The summed E-state index contributed by atoms with van der Waals surface area (Å²) in [5.41, 5.74) is 11.6. The summed E-state index contributed by atoms with van der Waals surface area (Å²) in [6, 6.07) is 33.7. The van der Waals surface area contributed by atoms with Gasteiger partial charge in [0.15, 0.2) is 5.75 Å². The minimum absolute atomic E-state index is 0.0120. The smallest absolute Gasteiger partial charge is 0.426 e. The normalized spacial score (nSPS) is 17.7. The van der Waals surface area contributed by atoms with Gasteiger partial charge < -0.3 is 4.74 Å². The van der Waals surface area contributed by atoms with Gasteiger partial charge in [0, 0.05) is 11.6 Å². The highest BCUT2D eigenvalue weighted by molar-refractivity contribution is 6.13. The molecule has 0 saturated carbocycles. The molecule has 1 unspecified atom stereocenters. The number of nitrogens with zero attached hydrogens (tertiary/aromatic N) is 1. The maximum absolute atomic E-state index is 14.1. The second-order valence-electron chi connectivity index (χ2n) is 11.3. The van der Waals surface area contributed by atoms with E-state index in [9.17, 15) is 4.79 Å². The molecule has 1 atom stereocenters. The van der Waals surface area contributed by atoms with Crippen molar-refractivity contribution >= 4 is 39.7 Å². The summed E-state index contributed by atoms with van der Waals surface area (Å²) in [6.07, 6.45) is 12.6. The molecule has 0 aromatic heterocycles. The third kappa shape index (κ3) is 3.34. The fourth-order valence-corrected chi connectivity index (χ4v) is 7.05. The van der Waals surface area contributed by atoms with Crippen LogP contribution in [-0.2, 0) is 6.42 Å². The van der Waals surface area contributed by atoms with E-state index in [2.05, 4.69) is 109 Å². The van der Waals surface area contributed by atoms with E-state index in [-0.39, 0.29) is 5.91 Å². The van der Waals surface area contributed by atoms with Crippen molar-refractivity contribution in [1.29, 1.82) is 0 Å². The maximum Gasteiger partial charge on any atom is 0.426 e. The number of hydrogen-bond acceptors (Lipinski definition) is 2. The number of rotatable bonds is 2. The third-order valence-electron chi connectivity index (χ3n) is 8.99. The number of benzene rings is 5. The monoisotopic (exact) mass is 540 g/mol. The predicted octanol–water partition coefficient (Wildman–Crippen LogP) is 8.79. The highest BCUT2D eigenvalue weighted by Crippen LogP contribution is 2.50. The Balaban J connectivity index is 1.27. The minimum atomic E-state index is -0.390. The third-order valence-corrected chi connectivity index (χ3v) is 8.99. The Kier molecular flexibility index (Phi) is 4.94. The van der Waals surface area contributed by atoms with Crippen LogP contribution >= 0.6 is 0 Å². The molecule has 0 saturated heterocycles. The van der Waals surface area contributed by atoms with Crippen molar-refractivity contribution in [2.45, 2.75) is 18.9 Å². The fourth-order valence-electron chi connectivity index (χ4n) is 7.05. The Morgan fingerprint density at radius 2 is 1.50 bits per heavy atom. The second-order valence-corrected chi connectivity index (χ2v) is 11.3. The first-order chi connectivity index (χ1) is 20.7. The summed E-state index contributed by atoms with van der Waals surface area (Å²) in [7, 11) is 0. The van der Waals surface area contributed by atoms with E-state index in [1.165, 1.54) is 27.5 Å². The Labute approximate surface area is 244 Å². The zero-order valence-electron chi connectivity index (χ0n) is 22.9. The number of ether oxygens (including phenoxy) is 1. The number of carbonyl (C=O) groups excluding carboxylic acids is 1. The zero-order valence-corrected chi connectivity index (χ0v) is 22.9. The summed E-state index contributed by atoms with van der Waals surface area (Å²) >= 11 is 0. The molecule has 42 heavy (non-hydrogen) atoms. The molecule has 0 radical (unpaired) electrons. The molecule has 198 valence electrons. The molecule has 0 N–H and O–H groups in total. The molecule has 9 rings (SSSR count). The Bertz CT molecular complexity index is 2140. The topological polar surface area (TPSA) is 29.3 Å². The van der Waals surface area contributed by atoms with E-state index >= 15 is 0 Å². The van der Waals surface area contributed by atoms with Crippen LogP contribution < -0.4 is 4.74 Å². The van der Waals surface area contributed by atoms with Gasteiger partial charge in [0.25, 0.3) is 5.69 Å². The molecule has 3 heteroatoms. The van der Waals surface area contributed by atoms with Crippen LogP contribution in [0.3, 0.4) is 0 Å². The van der Waals surface area contributed by atoms with Gasteiger partial charge in [-0.1, -0.05) is 91.0 Å². The summed E-state index contributed by atoms with van der Waals surface area (Å²) in [6.45, 7) is 0. The van der Waals surface area contributed by atoms with Gasteiger partial charge in [-0.25, -0.2) is 4.79 Å². The van der Waals surface area contributed by atoms with Crippen LogP contribution in [-0.4, -0.2) is 22.3 Å². The number of amides is 1. The Morgan fingerprint density at radius 1 is 0.714 bits per heavy atom. The van der Waals surface area contributed by atoms with Crippen molar-refractivity contribution in [3.8, 4) is 28.0 Å². The number of allylic oxidation sites excluding steroid dienone is 3. The molecule has 5 aromatic rings. The molecule has 2 aliphatic heterocycles. The van der Waals surface area contributed by atoms with Gasteiger partial charge in [-0.05, 0) is 87.4 Å². The molecule has 0 fully saturated rings. The lowest BCUT2D eigenvalue weighted by Crippen LogP contribution is -2.40. The average Bonchev–Trinajstić information content (AvgIpc) is 3.05. The van der Waals surface area contributed by atoms with E-state index in [1.807, 2.05) is 22.8 Å². The van der Waals surface area contributed by atoms with Gasteiger partial charge in [-0.15, -0.1) is 4.58 Å². The predicted molar refractivity (Wildman–Crippen MR) is 169 cm³/mol. The lowest BCUT2D eigenvalue weighted by atomic mass is 9.85. The largest absolute Gasteiger partial charge is 0.468 e. The quantitative estimate of drug-likeness (QED) is 0.209. The summed E-state index contributed by atoms with van der Waals surface area (Å²) in [5.74, 6) is 0.724. The molecular weight excluding hydrogens is 514 g/mol. The van der Waals surface area contributed by atoms with E-state index < -0.39 is 6.10 Å². The van der Waals surface area contributed by atoms with Crippen LogP contribution in [0.4, 0.5) is 5.69 Å². The van der Waals surface area contributed by atoms with Gasteiger partial charge in [0.2, 0.25) is 11.8 Å². The summed E-state index contributed by atoms with van der Waals surface area (Å²) in [5, 5.41) is 2.40. The van der Waals surface area contributed by atoms with Gasteiger partial charge in [0.05, 0.1) is 11.1 Å². The maximum atomic E-state index is 14.1. The molecule has 0 bridgehead atoms. The molecule has 4 aliphatic rings. The highest BCUT2D eigenvalue weighted by atomic mass is 16.5. The molecule has 2 aliphatic carbocycles. The van der Waals surface area contributed by atoms with E-state index in [0.717, 1.165) is 57.8 Å². The number of fused-ring (bicyclic) bond motifs is 5. The van der Waals surface area contributed by atoms with E-state index in [4.69, 9.17) is 4.74 Å². The van der Waals surface area contributed by atoms with Crippen LogP contribution in [0.5, 0.6) is 5.75 Å². The van der Waals surface area contributed by atoms with Crippen molar-refractivity contribution in [3.63, 3.8) is 0 Å². The number of aryl methyl sites for hydroxylation is 1. The van der Waals surface area contributed by atoms with Crippen molar-refractivity contribution in [2.75, 3.05) is 0 Å². The van der Waals surface area contributed by atoms with Crippen LogP contribution in [0, 0.1) is 0 Å². The fraction of sp³-hybridized carbons (Fsp3) is 0.0769. The molecule has 2 heterocycles. The SMILES string of the molecule is O=C1c2ccccc2-c2cc(-c3cccc4c3C=CCC4)cc3c2[N+]1=C1C=CC(c2cccc4ccccc24)=CC1O3. The van der Waals surface area contributed by atoms with E-state index in [1.54, 1.807) is 0 Å². The van der Waals surface area contributed by atoms with Crippen molar-refractivity contribution in [2.24, 2.45) is 0 Å². The first kappa shape index (κ1) is 23.4. The molecule has 0 spiro atoms. The molecular formula is C39H26NO2+. The van der Waals surface area contributed by atoms with Gasteiger partial charge in [-0.3, -0.25) is 0 Å². The Morgan fingerprint density at radius 3 is 2.45 bits per heavy atom. The second kappa shape index (κ2) is 8.86. The van der Waals surface area contributed by atoms with Gasteiger partial charge >= 0.3 is 5.91 Å². The minimum Gasteiger partial charge on any atom is -0.468 e. The zero-order chi connectivity index (χ0) is 27.8. The van der Waals surface area contributed by atoms with Crippen molar-refractivity contribution < 1.29 is 14.1 Å². The van der Waals surface area contributed by atoms with Crippen molar-refractivity contribution in [1.82, 2.24) is 0 Å². The highest BCUT2D eigenvalue weighted by Gasteiger charge is 2.46. The van der Waals surface area contributed by atoms with Gasteiger partial charge in [0.1, 0.15) is 0 Å². The lowest BCUT2D eigenvalue weighted by Gasteiger charge is -2.29. The van der Waals surface area contributed by atoms with Crippen molar-refractivity contribution in [3.05, 3.63) is 144 Å². The summed E-state index contributed by atoms with van der Waals surface area (Å²) in [4.78, 5) is 14.1. The lowest BCUT2D eigenvalue weighted by molar-refractivity contribution is -0.343. The van der Waals surface area contributed by atoms with Crippen LogP contribution in [0.1, 0.15) is 33.5 Å². The average molecular weight is 541 g/mol. The van der Waals surface area contributed by atoms with Crippen LogP contribution in [0.2, 0.25) is 0 Å². The Hall–Kier alpha value is -5.28. The molecule has 1 amide bonds. The standard InChI is InChI=1S/C39H26NO2/c41-39-33-16-6-5-15-32(33)34-21-27(31-18-8-12-25-10-2-4-14-29(25)31)23-37-38(34)40(39)35-20-19-26(22-36(35)42-37)30-17-7-11-24-9-1-3-13-28(24)30/h1,3-9,11-23,36H,2,10H2/q+1. The first-order valence-electron chi connectivity index (χ1n) is 14.6. The van der Waals surface area contributed by atoms with E-state index in [0.29, 0.717) is 5.56 Å². The number of hydrogen-bond donors (Lipinski definition) is 0. The first-order valence-corrected chi connectivity index (χ1v) is 14.6. The molecule has 5 aromatic carbocycles.